The van der Waals surface area contributed by atoms with Crippen LogP contribution in [0.3, 0.4) is 0 Å². The highest BCUT2D eigenvalue weighted by molar-refractivity contribution is 7.90. The lowest BCUT2D eigenvalue weighted by atomic mass is 10.1. The van der Waals surface area contributed by atoms with Gasteiger partial charge in [0.2, 0.25) is 0 Å². The van der Waals surface area contributed by atoms with Crippen molar-refractivity contribution in [1.82, 2.24) is 15.5 Å². The maximum atomic E-state index is 11.4. The lowest BCUT2D eigenvalue weighted by Crippen LogP contribution is -2.35. The van der Waals surface area contributed by atoms with Crippen LogP contribution in [-0.2, 0) is 16.4 Å². The van der Waals surface area contributed by atoms with Gasteiger partial charge in [-0.2, -0.15) is 5.10 Å². The standard InChI is InChI=1S/C15H21N3O2S/c1-15(2,3)16-10-12-9-14(18-17-12)11-5-7-13(8-6-11)21(4,19)20/h5-9,16H,10H2,1-4H3,(H,17,18). The SMILES string of the molecule is CC(C)(C)NCc1cc(-c2ccc(S(C)(=O)=O)cc2)n[nH]1. The molecule has 21 heavy (non-hydrogen) atoms. The number of aromatic amines is 1. The van der Waals surface area contributed by atoms with E-state index in [9.17, 15) is 8.42 Å². The van der Waals surface area contributed by atoms with Gasteiger partial charge in [0.15, 0.2) is 9.84 Å². The van der Waals surface area contributed by atoms with Crippen molar-refractivity contribution in [2.24, 2.45) is 0 Å². The molecule has 0 spiro atoms. The Labute approximate surface area is 125 Å². The molecule has 2 aromatic rings. The van der Waals surface area contributed by atoms with E-state index < -0.39 is 9.84 Å². The molecule has 5 nitrogen and oxygen atoms in total. The van der Waals surface area contributed by atoms with Crippen molar-refractivity contribution in [3.8, 4) is 11.3 Å². The molecule has 1 aromatic heterocycles. The van der Waals surface area contributed by atoms with Crippen LogP contribution in [0.4, 0.5) is 0 Å². The first kappa shape index (κ1) is 15.7. The molecule has 1 aromatic carbocycles. The highest BCUT2D eigenvalue weighted by Gasteiger charge is 2.11. The number of rotatable bonds is 4. The molecule has 0 saturated carbocycles. The molecule has 0 unspecified atom stereocenters. The number of H-pyrrole nitrogens is 1. The third-order valence-corrected chi connectivity index (χ3v) is 4.15. The molecule has 0 radical (unpaired) electrons. The van der Waals surface area contributed by atoms with Crippen LogP contribution in [0.25, 0.3) is 11.3 Å². The summed E-state index contributed by atoms with van der Waals surface area (Å²) in [6.45, 7) is 7.02. The van der Waals surface area contributed by atoms with Gasteiger partial charge in [-0.3, -0.25) is 5.10 Å². The number of nitrogens with one attached hydrogen (secondary N) is 2. The van der Waals surface area contributed by atoms with Crippen LogP contribution in [0.5, 0.6) is 0 Å². The summed E-state index contributed by atoms with van der Waals surface area (Å²) in [5, 5.41) is 10.6. The van der Waals surface area contributed by atoms with Crippen LogP contribution in [0.15, 0.2) is 35.2 Å². The number of nitrogens with zero attached hydrogens (tertiary/aromatic N) is 1. The maximum Gasteiger partial charge on any atom is 0.175 e. The van der Waals surface area contributed by atoms with Crippen molar-refractivity contribution in [2.75, 3.05) is 6.26 Å². The van der Waals surface area contributed by atoms with Crippen molar-refractivity contribution in [2.45, 2.75) is 37.8 Å². The molecule has 0 aliphatic carbocycles. The van der Waals surface area contributed by atoms with Crippen LogP contribution < -0.4 is 5.32 Å². The Hall–Kier alpha value is -1.66. The first-order valence-electron chi connectivity index (χ1n) is 6.75. The zero-order valence-electron chi connectivity index (χ0n) is 12.8. The molecule has 114 valence electrons. The minimum atomic E-state index is -3.16. The van der Waals surface area contributed by atoms with Gasteiger partial charge in [-0.1, -0.05) is 12.1 Å². The third kappa shape index (κ3) is 4.41. The predicted octanol–water partition coefficient (Wildman–Crippen LogP) is 2.37. The summed E-state index contributed by atoms with van der Waals surface area (Å²) >= 11 is 0. The minimum Gasteiger partial charge on any atom is -0.306 e. The molecule has 0 saturated heterocycles. The second-order valence-electron chi connectivity index (χ2n) is 6.18. The molecule has 0 fully saturated rings. The number of hydrogen-bond acceptors (Lipinski definition) is 4. The van der Waals surface area contributed by atoms with Gasteiger partial charge in [0, 0.05) is 29.6 Å². The Morgan fingerprint density at radius 3 is 2.33 bits per heavy atom. The van der Waals surface area contributed by atoms with Crippen molar-refractivity contribution in [3.05, 3.63) is 36.0 Å². The van der Waals surface area contributed by atoms with E-state index in [4.69, 9.17) is 0 Å². The molecular weight excluding hydrogens is 286 g/mol. The van der Waals surface area contributed by atoms with Gasteiger partial charge < -0.3 is 5.32 Å². The average Bonchev–Trinajstić information content (AvgIpc) is 2.83. The lowest BCUT2D eigenvalue weighted by Gasteiger charge is -2.19. The Balaban J connectivity index is 2.14. The molecule has 0 bridgehead atoms. The number of sulfone groups is 1. The molecule has 2 rings (SSSR count). The van der Waals surface area contributed by atoms with Gasteiger partial charge in [0.05, 0.1) is 10.6 Å². The monoisotopic (exact) mass is 307 g/mol. The third-order valence-electron chi connectivity index (χ3n) is 3.02. The largest absolute Gasteiger partial charge is 0.306 e. The highest BCUT2D eigenvalue weighted by Crippen LogP contribution is 2.20. The molecule has 0 aliphatic rings. The van der Waals surface area contributed by atoms with Crippen molar-refractivity contribution in [1.29, 1.82) is 0 Å². The van der Waals surface area contributed by atoms with Crippen LogP contribution in [0, 0.1) is 0 Å². The van der Waals surface area contributed by atoms with E-state index in [0.717, 1.165) is 17.0 Å². The molecule has 2 N–H and O–H groups in total. The number of hydrogen-bond donors (Lipinski definition) is 2. The first-order chi connectivity index (χ1) is 9.65. The topological polar surface area (TPSA) is 74.8 Å². The quantitative estimate of drug-likeness (QED) is 0.909. The highest BCUT2D eigenvalue weighted by atomic mass is 32.2. The fourth-order valence-electron chi connectivity index (χ4n) is 1.83. The molecular formula is C15H21N3O2S. The molecule has 1 heterocycles. The van der Waals surface area contributed by atoms with Crippen molar-refractivity contribution < 1.29 is 8.42 Å². The fourth-order valence-corrected chi connectivity index (χ4v) is 2.46. The van der Waals surface area contributed by atoms with Crippen molar-refractivity contribution >= 4 is 9.84 Å². The minimum absolute atomic E-state index is 0.0441. The Morgan fingerprint density at radius 1 is 1.19 bits per heavy atom. The van der Waals surface area contributed by atoms with E-state index >= 15 is 0 Å². The second kappa shape index (κ2) is 5.61. The Bertz CT molecular complexity index is 710. The fraction of sp³-hybridized carbons (Fsp3) is 0.400. The summed E-state index contributed by atoms with van der Waals surface area (Å²) in [6.07, 6.45) is 1.20. The first-order valence-corrected chi connectivity index (χ1v) is 8.64. The van der Waals surface area contributed by atoms with E-state index in [2.05, 4.69) is 36.3 Å². The zero-order valence-corrected chi connectivity index (χ0v) is 13.6. The summed E-state index contributed by atoms with van der Waals surface area (Å²) in [7, 11) is -3.16. The van der Waals surface area contributed by atoms with Crippen LogP contribution in [0.2, 0.25) is 0 Å². The molecule has 0 amide bonds. The number of benzene rings is 1. The average molecular weight is 307 g/mol. The normalized spacial score (nSPS) is 12.6. The Morgan fingerprint density at radius 2 is 1.81 bits per heavy atom. The molecule has 0 aliphatic heterocycles. The summed E-state index contributed by atoms with van der Waals surface area (Å²) in [5.41, 5.74) is 2.73. The van der Waals surface area contributed by atoms with Gasteiger partial charge in [-0.05, 0) is 39.0 Å². The smallest absolute Gasteiger partial charge is 0.175 e. The maximum absolute atomic E-state index is 11.4. The molecule has 6 heteroatoms. The summed E-state index contributed by atoms with van der Waals surface area (Å²) < 4.78 is 22.9. The second-order valence-corrected chi connectivity index (χ2v) is 8.19. The van der Waals surface area contributed by atoms with Crippen LogP contribution in [0.1, 0.15) is 26.5 Å². The summed E-state index contributed by atoms with van der Waals surface area (Å²) in [4.78, 5) is 0.316. The van der Waals surface area contributed by atoms with Crippen LogP contribution in [-0.4, -0.2) is 30.4 Å². The number of aromatic nitrogens is 2. The van der Waals surface area contributed by atoms with Crippen LogP contribution >= 0.6 is 0 Å². The van der Waals surface area contributed by atoms with Crippen molar-refractivity contribution in [3.63, 3.8) is 0 Å². The van der Waals surface area contributed by atoms with Gasteiger partial charge in [0.1, 0.15) is 0 Å². The van der Waals surface area contributed by atoms with Gasteiger partial charge in [0.25, 0.3) is 0 Å². The zero-order chi connectivity index (χ0) is 15.7. The van der Waals surface area contributed by atoms with Gasteiger partial charge >= 0.3 is 0 Å². The van der Waals surface area contributed by atoms with E-state index in [0.29, 0.717) is 11.4 Å². The van der Waals surface area contributed by atoms with E-state index in [1.54, 1.807) is 24.3 Å². The molecule has 0 atom stereocenters. The van der Waals surface area contributed by atoms with E-state index in [-0.39, 0.29) is 5.54 Å². The van der Waals surface area contributed by atoms with Gasteiger partial charge in [-0.15, -0.1) is 0 Å². The summed E-state index contributed by atoms with van der Waals surface area (Å²) in [6, 6.07) is 8.72. The lowest BCUT2D eigenvalue weighted by molar-refractivity contribution is 0.421. The van der Waals surface area contributed by atoms with E-state index in [1.807, 2.05) is 6.07 Å². The predicted molar refractivity (Wildman–Crippen MR) is 83.7 cm³/mol. The van der Waals surface area contributed by atoms with E-state index in [1.165, 1.54) is 6.26 Å². The Kier molecular flexibility index (Phi) is 4.20. The van der Waals surface area contributed by atoms with Gasteiger partial charge in [-0.25, -0.2) is 8.42 Å². The summed E-state index contributed by atoms with van der Waals surface area (Å²) in [5.74, 6) is 0.